The van der Waals surface area contributed by atoms with E-state index in [1.54, 1.807) is 67.8 Å². The number of aliphatic hydroxyl groups excluding tert-OH is 1. The summed E-state index contributed by atoms with van der Waals surface area (Å²) in [6, 6.07) is 17.7. The number of aromatic nitrogens is 2. The molecule has 1 aromatic heterocycles. The summed E-state index contributed by atoms with van der Waals surface area (Å²) in [4.78, 5) is 28.3. The SMILES string of the molecule is COc1ccc([C@@H]2C(=C(O)c3ccc4c(c3)C[C@H](C)O4)C(=O)C(=O)N2c2nnc(SCc3ccccc3F)s2)cc1. The third-order valence-corrected chi connectivity index (χ3v) is 9.06. The van der Waals surface area contributed by atoms with Crippen LogP contribution in [0.2, 0.25) is 0 Å². The van der Waals surface area contributed by atoms with Gasteiger partial charge in [-0.05, 0) is 60.0 Å². The van der Waals surface area contributed by atoms with Gasteiger partial charge in [-0.15, -0.1) is 10.2 Å². The van der Waals surface area contributed by atoms with Crippen LogP contribution in [-0.2, 0) is 21.8 Å². The van der Waals surface area contributed by atoms with Crippen molar-refractivity contribution in [2.45, 2.75) is 35.6 Å². The number of carbonyl (C=O) groups is 2. The zero-order chi connectivity index (χ0) is 28.7. The number of nitrogens with zero attached hydrogens (tertiary/aromatic N) is 3. The van der Waals surface area contributed by atoms with Gasteiger partial charge in [0, 0.05) is 17.7 Å². The maximum absolute atomic E-state index is 14.1. The lowest BCUT2D eigenvalue weighted by molar-refractivity contribution is -0.132. The Morgan fingerprint density at radius 1 is 1.15 bits per heavy atom. The number of fused-ring (bicyclic) bond motifs is 1. The van der Waals surface area contributed by atoms with Crippen molar-refractivity contribution in [1.82, 2.24) is 10.2 Å². The Labute approximate surface area is 243 Å². The number of methoxy groups -OCH3 is 1. The molecule has 0 radical (unpaired) electrons. The van der Waals surface area contributed by atoms with E-state index in [0.29, 0.717) is 39.0 Å². The average Bonchev–Trinajstić information content (AvgIpc) is 3.67. The second-order valence-electron chi connectivity index (χ2n) is 9.63. The molecular formula is C30H24FN3O5S2. The second kappa shape index (κ2) is 11.0. The standard InChI is InChI=1S/C30H24FN3O5S2/c1-16-13-20-14-18(9-12-23(20)39-16)26(35)24-25(17-7-10-21(38-2)11-8-17)34(28(37)27(24)36)29-32-33-30(41-29)40-15-19-5-3-4-6-22(19)31/h3-12,14,16,25,35H,13,15H2,1-2H3/t16-,25+/m0/s1. The molecule has 3 aromatic carbocycles. The van der Waals surface area contributed by atoms with E-state index in [9.17, 15) is 19.1 Å². The van der Waals surface area contributed by atoms with Gasteiger partial charge in [0.15, 0.2) is 4.34 Å². The summed E-state index contributed by atoms with van der Waals surface area (Å²) in [5.41, 5.74) is 2.37. The van der Waals surface area contributed by atoms with Crippen LogP contribution < -0.4 is 14.4 Å². The van der Waals surface area contributed by atoms with Crippen molar-refractivity contribution in [1.29, 1.82) is 0 Å². The Morgan fingerprint density at radius 3 is 2.68 bits per heavy atom. The van der Waals surface area contributed by atoms with Gasteiger partial charge < -0.3 is 14.6 Å². The fourth-order valence-electron chi connectivity index (χ4n) is 4.97. The van der Waals surface area contributed by atoms with Gasteiger partial charge in [-0.1, -0.05) is 53.4 Å². The molecule has 0 unspecified atom stereocenters. The first-order valence-electron chi connectivity index (χ1n) is 12.8. The van der Waals surface area contributed by atoms with Crippen LogP contribution >= 0.6 is 23.1 Å². The van der Waals surface area contributed by atoms with Gasteiger partial charge in [-0.2, -0.15) is 0 Å². The van der Waals surface area contributed by atoms with Gasteiger partial charge in [-0.3, -0.25) is 14.5 Å². The molecular weight excluding hydrogens is 565 g/mol. The molecule has 1 amide bonds. The van der Waals surface area contributed by atoms with E-state index in [1.807, 2.05) is 6.92 Å². The van der Waals surface area contributed by atoms with E-state index in [2.05, 4.69) is 10.2 Å². The minimum Gasteiger partial charge on any atom is -0.507 e. The minimum atomic E-state index is -0.957. The summed E-state index contributed by atoms with van der Waals surface area (Å²) >= 11 is 2.40. The molecule has 208 valence electrons. The van der Waals surface area contributed by atoms with Crippen molar-refractivity contribution in [2.75, 3.05) is 12.0 Å². The molecule has 8 nitrogen and oxygen atoms in total. The number of carbonyl (C=O) groups excluding carboxylic acids is 2. The molecule has 1 N–H and O–H groups in total. The molecule has 0 bridgehead atoms. The van der Waals surface area contributed by atoms with E-state index >= 15 is 0 Å². The van der Waals surface area contributed by atoms with Crippen LogP contribution in [0.25, 0.3) is 5.76 Å². The zero-order valence-electron chi connectivity index (χ0n) is 22.0. The lowest BCUT2D eigenvalue weighted by Gasteiger charge is -2.22. The first kappa shape index (κ1) is 27.0. The number of ketones is 1. The first-order valence-corrected chi connectivity index (χ1v) is 14.6. The maximum Gasteiger partial charge on any atom is 0.301 e. The van der Waals surface area contributed by atoms with Crippen molar-refractivity contribution in [2.24, 2.45) is 0 Å². The highest BCUT2D eigenvalue weighted by molar-refractivity contribution is 8.00. The number of halogens is 1. The molecule has 1 saturated heterocycles. The lowest BCUT2D eigenvalue weighted by atomic mass is 9.94. The highest BCUT2D eigenvalue weighted by Gasteiger charge is 2.48. The molecule has 4 aromatic rings. The molecule has 11 heteroatoms. The van der Waals surface area contributed by atoms with E-state index in [4.69, 9.17) is 9.47 Å². The quantitative estimate of drug-likeness (QED) is 0.0931. The third kappa shape index (κ3) is 5.07. The smallest absolute Gasteiger partial charge is 0.301 e. The molecule has 1 fully saturated rings. The number of rotatable bonds is 7. The largest absolute Gasteiger partial charge is 0.507 e. The van der Waals surface area contributed by atoms with Crippen LogP contribution in [0.4, 0.5) is 9.52 Å². The predicted octanol–water partition coefficient (Wildman–Crippen LogP) is 5.93. The van der Waals surface area contributed by atoms with Crippen LogP contribution in [-0.4, -0.2) is 40.2 Å². The number of aliphatic hydroxyl groups is 1. The molecule has 2 atom stereocenters. The zero-order valence-corrected chi connectivity index (χ0v) is 23.7. The Kier molecular flexibility index (Phi) is 7.22. The van der Waals surface area contributed by atoms with Gasteiger partial charge in [0.25, 0.3) is 5.78 Å². The Morgan fingerprint density at radius 2 is 1.93 bits per heavy atom. The third-order valence-electron chi connectivity index (χ3n) is 6.96. The number of Topliss-reactive ketones (excluding diaryl/α,β-unsaturated/α-hetero) is 1. The fraction of sp³-hybridized carbons (Fsp3) is 0.200. The highest BCUT2D eigenvalue weighted by Crippen LogP contribution is 2.45. The van der Waals surface area contributed by atoms with Crippen LogP contribution in [0, 0.1) is 5.82 Å². The number of anilines is 1. The molecule has 2 aliphatic heterocycles. The number of hydrogen-bond donors (Lipinski definition) is 1. The number of amides is 1. The van der Waals surface area contributed by atoms with Crippen molar-refractivity contribution >= 4 is 45.7 Å². The molecule has 0 spiro atoms. The Bertz CT molecular complexity index is 1690. The van der Waals surface area contributed by atoms with Crippen LogP contribution in [0.15, 0.2) is 76.6 Å². The van der Waals surface area contributed by atoms with Crippen LogP contribution in [0.3, 0.4) is 0 Å². The predicted molar refractivity (Wildman–Crippen MR) is 154 cm³/mol. The Hall–Kier alpha value is -4.22. The number of thioether (sulfide) groups is 1. The molecule has 3 heterocycles. The van der Waals surface area contributed by atoms with Gasteiger partial charge in [-0.25, -0.2) is 4.39 Å². The van der Waals surface area contributed by atoms with Gasteiger partial charge in [0.1, 0.15) is 29.2 Å². The molecule has 0 aliphatic carbocycles. The second-order valence-corrected chi connectivity index (χ2v) is 11.8. The monoisotopic (exact) mass is 589 g/mol. The number of hydrogen-bond acceptors (Lipinski definition) is 9. The molecule has 0 saturated carbocycles. The van der Waals surface area contributed by atoms with Crippen molar-refractivity contribution in [3.63, 3.8) is 0 Å². The first-order chi connectivity index (χ1) is 19.8. The minimum absolute atomic E-state index is 0.00938. The van der Waals surface area contributed by atoms with Crippen molar-refractivity contribution in [3.05, 3.63) is 100 Å². The summed E-state index contributed by atoms with van der Waals surface area (Å²) in [5.74, 6) is -0.605. The maximum atomic E-state index is 14.1. The van der Waals surface area contributed by atoms with Crippen LogP contribution in [0.5, 0.6) is 11.5 Å². The summed E-state index contributed by atoms with van der Waals surface area (Å²) < 4.78 is 25.7. The fourth-order valence-corrected chi connectivity index (χ4v) is 6.82. The van der Waals surface area contributed by atoms with E-state index in [0.717, 1.165) is 22.6 Å². The van der Waals surface area contributed by atoms with E-state index in [-0.39, 0.29) is 28.4 Å². The number of benzene rings is 3. The van der Waals surface area contributed by atoms with E-state index < -0.39 is 17.7 Å². The highest BCUT2D eigenvalue weighted by atomic mass is 32.2. The topological polar surface area (TPSA) is 102 Å². The summed E-state index contributed by atoms with van der Waals surface area (Å²) in [6.07, 6.45) is 0.681. The van der Waals surface area contributed by atoms with Crippen molar-refractivity contribution < 1.29 is 28.6 Å². The lowest BCUT2D eigenvalue weighted by Crippen LogP contribution is -2.29. The van der Waals surface area contributed by atoms with Crippen molar-refractivity contribution in [3.8, 4) is 11.5 Å². The summed E-state index contributed by atoms with van der Waals surface area (Å²) in [5, 5.41) is 20.1. The van der Waals surface area contributed by atoms with Crippen LogP contribution in [0.1, 0.15) is 35.2 Å². The molecule has 41 heavy (non-hydrogen) atoms. The summed E-state index contributed by atoms with van der Waals surface area (Å²) in [6.45, 7) is 1.96. The van der Waals surface area contributed by atoms with Gasteiger partial charge in [0.2, 0.25) is 5.13 Å². The normalized spacial score (nSPS) is 19.3. The molecule has 6 rings (SSSR count). The molecule has 2 aliphatic rings. The Balaban J connectivity index is 1.39. The van der Waals surface area contributed by atoms with E-state index in [1.165, 1.54) is 22.7 Å². The average molecular weight is 590 g/mol. The number of ether oxygens (including phenoxy) is 2. The van der Waals surface area contributed by atoms with Gasteiger partial charge in [0.05, 0.1) is 18.7 Å². The summed E-state index contributed by atoms with van der Waals surface area (Å²) in [7, 11) is 1.54. The van der Waals surface area contributed by atoms with Gasteiger partial charge >= 0.3 is 5.91 Å².